The fraction of sp³-hybridized carbons (Fsp3) is 0.0806. The van der Waals surface area contributed by atoms with E-state index in [9.17, 15) is 4.79 Å². The number of carbonyl (C=O) groups excluding carboxylic acids is 1. The molecule has 0 spiro atoms. The van der Waals surface area contributed by atoms with Gasteiger partial charge in [0.25, 0.3) is 0 Å². The number of rotatable bonds is 9. The highest BCUT2D eigenvalue weighted by molar-refractivity contribution is 6.27. The monoisotopic (exact) mass is 832 g/mol. The van der Waals surface area contributed by atoms with Crippen LogP contribution in [0, 0.1) is 0 Å². The molecule has 0 aromatic heterocycles. The van der Waals surface area contributed by atoms with Gasteiger partial charge in [0.1, 0.15) is 6.29 Å². The molecule has 3 nitrogen and oxygen atoms in total. The van der Waals surface area contributed by atoms with Gasteiger partial charge in [-0.3, -0.25) is 4.79 Å². The molecule has 0 amide bonds. The van der Waals surface area contributed by atoms with Crippen LogP contribution >= 0.6 is 0 Å². The highest BCUT2D eigenvalue weighted by Gasteiger charge is 2.41. The molecule has 12 aromatic carbocycles. The Labute approximate surface area is 378 Å². The van der Waals surface area contributed by atoms with E-state index in [0.717, 1.165) is 47.6 Å². The third-order valence-corrected chi connectivity index (χ3v) is 14.8. The van der Waals surface area contributed by atoms with E-state index in [2.05, 4.69) is 212 Å². The molecule has 0 saturated heterocycles. The maximum absolute atomic E-state index is 11.9. The van der Waals surface area contributed by atoms with Gasteiger partial charge in [-0.05, 0) is 162 Å². The van der Waals surface area contributed by atoms with Crippen molar-refractivity contribution in [3.8, 4) is 11.1 Å². The van der Waals surface area contributed by atoms with Gasteiger partial charge >= 0.3 is 0 Å². The van der Waals surface area contributed by atoms with E-state index in [1.807, 2.05) is 12.1 Å². The zero-order valence-electron chi connectivity index (χ0n) is 36.3. The Kier molecular flexibility index (Phi) is 8.23. The number of anilines is 6. The van der Waals surface area contributed by atoms with Gasteiger partial charge < -0.3 is 9.80 Å². The summed E-state index contributed by atoms with van der Waals surface area (Å²) in [6.45, 7) is 4.71. The van der Waals surface area contributed by atoms with Gasteiger partial charge in [0.2, 0.25) is 0 Å². The lowest BCUT2D eigenvalue weighted by Gasteiger charge is -2.33. The maximum Gasteiger partial charge on any atom is 0.150 e. The van der Waals surface area contributed by atoms with Crippen molar-refractivity contribution in [2.75, 3.05) is 9.80 Å². The minimum atomic E-state index is -0.225. The van der Waals surface area contributed by atoms with Gasteiger partial charge in [-0.15, -0.1) is 0 Å². The van der Waals surface area contributed by atoms with Crippen LogP contribution in [0.15, 0.2) is 200 Å². The predicted molar refractivity (Wildman–Crippen MR) is 275 cm³/mol. The molecule has 3 heteroatoms. The zero-order valence-corrected chi connectivity index (χ0v) is 36.3. The molecular formula is C62H44N2O. The van der Waals surface area contributed by atoms with E-state index >= 15 is 0 Å². The Morgan fingerprint density at radius 3 is 1.23 bits per heavy atom. The summed E-state index contributed by atoms with van der Waals surface area (Å²) in [5.41, 5.74) is 12.4. The van der Waals surface area contributed by atoms with Gasteiger partial charge in [0.05, 0.1) is 11.4 Å². The van der Waals surface area contributed by atoms with E-state index in [4.69, 9.17) is 0 Å². The number of carbonyl (C=O) groups is 1. The summed E-state index contributed by atoms with van der Waals surface area (Å²) in [6, 6.07) is 73.7. The molecule has 65 heavy (non-hydrogen) atoms. The van der Waals surface area contributed by atoms with E-state index in [-0.39, 0.29) is 5.41 Å². The minimum Gasteiger partial charge on any atom is -0.310 e. The van der Waals surface area contributed by atoms with Crippen LogP contribution in [0.2, 0.25) is 0 Å². The van der Waals surface area contributed by atoms with Crippen LogP contribution in [-0.2, 0) is 5.41 Å². The van der Waals surface area contributed by atoms with Crippen molar-refractivity contribution in [3.63, 3.8) is 0 Å². The molecule has 0 heterocycles. The van der Waals surface area contributed by atoms with Crippen molar-refractivity contribution in [1.29, 1.82) is 0 Å². The van der Waals surface area contributed by atoms with Crippen LogP contribution in [0.1, 0.15) is 48.2 Å². The second kappa shape index (κ2) is 14.3. The normalized spacial score (nSPS) is 13.1. The molecule has 308 valence electrons. The number of hydrogen-bond acceptors (Lipinski definition) is 3. The summed E-state index contributed by atoms with van der Waals surface area (Å²) >= 11 is 0. The van der Waals surface area contributed by atoms with Gasteiger partial charge in [-0.2, -0.15) is 0 Å². The van der Waals surface area contributed by atoms with E-state index in [0.29, 0.717) is 5.56 Å². The molecule has 0 atom stereocenters. The van der Waals surface area contributed by atoms with Crippen molar-refractivity contribution in [2.24, 2.45) is 0 Å². The average Bonchev–Trinajstić information content (AvgIpc) is 3.64. The summed E-state index contributed by atoms with van der Waals surface area (Å²) in [7, 11) is 0. The molecule has 13 rings (SSSR count). The lowest BCUT2D eigenvalue weighted by molar-refractivity contribution is 0.112. The molecule has 0 aliphatic heterocycles. The third-order valence-electron chi connectivity index (χ3n) is 14.8. The highest BCUT2D eigenvalue weighted by Crippen LogP contribution is 2.56. The number of para-hydroxylation sites is 1. The van der Waals surface area contributed by atoms with Crippen molar-refractivity contribution < 1.29 is 4.79 Å². The molecule has 0 radical (unpaired) electrons. The highest BCUT2D eigenvalue weighted by atomic mass is 16.1. The molecule has 0 saturated carbocycles. The van der Waals surface area contributed by atoms with Gasteiger partial charge in [-0.25, -0.2) is 0 Å². The zero-order chi connectivity index (χ0) is 43.4. The number of nitrogens with zero attached hydrogens (tertiary/aromatic N) is 2. The van der Waals surface area contributed by atoms with Crippen LogP contribution < -0.4 is 9.80 Å². The van der Waals surface area contributed by atoms with Crippen molar-refractivity contribution in [1.82, 2.24) is 0 Å². The number of hydrogen-bond donors (Lipinski definition) is 0. The molecule has 1 aliphatic rings. The average molecular weight is 833 g/mol. The first-order valence-corrected chi connectivity index (χ1v) is 22.9. The summed E-state index contributed by atoms with van der Waals surface area (Å²) < 4.78 is 0. The second-order valence-corrected chi connectivity index (χ2v) is 17.8. The van der Waals surface area contributed by atoms with E-state index < -0.39 is 0 Å². The SMILES string of the molecule is CCC1(CC)c2cc(N(c3ccccc3)c3ccc4ccc5cccc6ccc3c4c56)ccc2-c2ccc(N(c3ccc(C=O)cc3)c3ccc4ccc5cccc6ccc3c4c56)cc21. The fourth-order valence-electron chi connectivity index (χ4n) is 11.7. The molecule has 0 N–H and O–H groups in total. The van der Waals surface area contributed by atoms with Crippen LogP contribution in [0.4, 0.5) is 34.1 Å². The van der Waals surface area contributed by atoms with Crippen LogP contribution in [0.25, 0.3) is 75.8 Å². The minimum absolute atomic E-state index is 0.225. The Bertz CT molecular complexity index is 3800. The van der Waals surface area contributed by atoms with E-state index in [1.165, 1.54) is 92.6 Å². The second-order valence-electron chi connectivity index (χ2n) is 17.8. The molecule has 0 bridgehead atoms. The lowest BCUT2D eigenvalue weighted by Crippen LogP contribution is -2.24. The summed E-state index contributed by atoms with van der Waals surface area (Å²) in [4.78, 5) is 16.8. The first-order valence-electron chi connectivity index (χ1n) is 22.9. The van der Waals surface area contributed by atoms with Gasteiger partial charge in [-0.1, -0.05) is 141 Å². The Morgan fingerprint density at radius 2 is 0.785 bits per heavy atom. The number of aldehydes is 1. The maximum atomic E-state index is 11.9. The molecule has 0 unspecified atom stereocenters. The smallest absolute Gasteiger partial charge is 0.150 e. The standard InChI is InChI=1S/C62H44N2O/c1-3-62(4-2)54-36-48(63(46-14-6-5-7-15-46)56-34-24-44-20-18-40-10-8-12-42-22-30-52(56)60(44)58(40)42)28-32-50(54)51-33-29-49(37-55(51)62)64(47-26-16-39(38-65)17-27-47)57-35-25-45-21-19-41-11-9-13-43-23-31-53(57)61(45)59(41)43/h5-38H,3-4H2,1-2H3. The molecule has 1 aliphatic carbocycles. The fourth-order valence-corrected chi connectivity index (χ4v) is 11.7. The van der Waals surface area contributed by atoms with Crippen molar-refractivity contribution in [3.05, 3.63) is 217 Å². The van der Waals surface area contributed by atoms with Crippen molar-refractivity contribution >= 4 is 105 Å². The molecular weight excluding hydrogens is 789 g/mol. The Morgan fingerprint density at radius 1 is 0.385 bits per heavy atom. The first kappa shape index (κ1) is 37.5. The summed E-state index contributed by atoms with van der Waals surface area (Å²) in [5.74, 6) is 0. The quantitative estimate of drug-likeness (QED) is 0.107. The van der Waals surface area contributed by atoms with Crippen LogP contribution in [0.5, 0.6) is 0 Å². The van der Waals surface area contributed by atoms with E-state index in [1.54, 1.807) is 0 Å². The Balaban J connectivity index is 0.996. The van der Waals surface area contributed by atoms with Crippen LogP contribution in [-0.4, -0.2) is 6.29 Å². The number of benzene rings is 12. The third kappa shape index (κ3) is 5.39. The summed E-state index contributed by atoms with van der Waals surface area (Å²) in [6.07, 6.45) is 2.83. The lowest BCUT2D eigenvalue weighted by atomic mass is 9.73. The van der Waals surface area contributed by atoms with Gasteiger partial charge in [0.15, 0.2) is 0 Å². The first-order chi connectivity index (χ1) is 32.1. The number of fused-ring (bicyclic) bond motifs is 3. The molecule has 12 aromatic rings. The van der Waals surface area contributed by atoms with Crippen molar-refractivity contribution in [2.45, 2.75) is 32.1 Å². The van der Waals surface area contributed by atoms with Crippen LogP contribution in [0.3, 0.4) is 0 Å². The molecule has 0 fully saturated rings. The topological polar surface area (TPSA) is 23.6 Å². The predicted octanol–water partition coefficient (Wildman–Crippen LogP) is 17.3. The van der Waals surface area contributed by atoms with Gasteiger partial charge in [0, 0.05) is 44.5 Å². The Hall–Kier alpha value is -8.01. The summed E-state index contributed by atoms with van der Waals surface area (Å²) in [5, 5.41) is 15.2. The largest absolute Gasteiger partial charge is 0.310 e.